The fourth-order valence-corrected chi connectivity index (χ4v) is 3.81. The van der Waals surface area contributed by atoms with Gasteiger partial charge >= 0.3 is 0 Å². The molecule has 128 valence electrons. The summed E-state index contributed by atoms with van der Waals surface area (Å²) in [5, 5.41) is 4.23. The van der Waals surface area contributed by atoms with Crippen molar-refractivity contribution in [1.29, 1.82) is 0 Å². The first-order valence-corrected chi connectivity index (χ1v) is 9.63. The van der Waals surface area contributed by atoms with Gasteiger partial charge in [-0.05, 0) is 31.4 Å². The number of para-hydroxylation sites is 1. The van der Waals surface area contributed by atoms with Gasteiger partial charge in [0.1, 0.15) is 5.75 Å². The van der Waals surface area contributed by atoms with Crippen molar-refractivity contribution < 1.29 is 4.74 Å². The zero-order chi connectivity index (χ0) is 16.3. The van der Waals surface area contributed by atoms with Crippen molar-refractivity contribution >= 4 is 17.7 Å². The normalized spacial score (nSPS) is 18.8. The molecule has 1 unspecified atom stereocenters. The molecule has 0 aromatic heterocycles. The second-order valence-corrected chi connectivity index (χ2v) is 7.10. The van der Waals surface area contributed by atoms with Gasteiger partial charge in [0.05, 0.1) is 6.61 Å². The first-order valence-electron chi connectivity index (χ1n) is 8.58. The van der Waals surface area contributed by atoms with Crippen molar-refractivity contribution in [2.45, 2.75) is 31.4 Å². The lowest BCUT2D eigenvalue weighted by molar-refractivity contribution is 0.306. The minimum absolute atomic E-state index is 0.738. The number of nitrogens with zero attached hydrogens (tertiary/aromatic N) is 2. The van der Waals surface area contributed by atoms with Gasteiger partial charge in [-0.3, -0.25) is 4.99 Å². The molecule has 1 aromatic carbocycles. The number of ether oxygens (including phenoxy) is 1. The summed E-state index contributed by atoms with van der Waals surface area (Å²) >= 11 is 2.09. The average Bonchev–Trinajstić information content (AvgIpc) is 2.62. The Kier molecular flexibility index (Phi) is 8.15. The number of unbranched alkanes of at least 4 members (excludes halogenated alkanes) is 1. The molecule has 0 bridgehead atoms. The van der Waals surface area contributed by atoms with Crippen LogP contribution in [0.5, 0.6) is 5.75 Å². The molecular formula is C18H29N3OS. The van der Waals surface area contributed by atoms with E-state index < -0.39 is 0 Å². The number of rotatable bonds is 7. The maximum absolute atomic E-state index is 5.71. The molecule has 1 atom stereocenters. The molecule has 0 radical (unpaired) electrons. The van der Waals surface area contributed by atoms with Crippen molar-refractivity contribution in [3.8, 4) is 5.75 Å². The largest absolute Gasteiger partial charge is 0.494 e. The molecule has 1 saturated heterocycles. The fourth-order valence-electron chi connectivity index (χ4n) is 2.62. The second kappa shape index (κ2) is 10.4. The van der Waals surface area contributed by atoms with E-state index in [4.69, 9.17) is 4.74 Å². The highest BCUT2D eigenvalue weighted by Gasteiger charge is 2.21. The molecule has 23 heavy (non-hydrogen) atoms. The van der Waals surface area contributed by atoms with Crippen LogP contribution in [-0.4, -0.2) is 55.2 Å². The minimum Gasteiger partial charge on any atom is -0.494 e. The van der Waals surface area contributed by atoms with Crippen molar-refractivity contribution in [2.24, 2.45) is 4.99 Å². The zero-order valence-electron chi connectivity index (χ0n) is 14.3. The smallest absolute Gasteiger partial charge is 0.193 e. The van der Waals surface area contributed by atoms with Gasteiger partial charge in [-0.2, -0.15) is 11.8 Å². The Morgan fingerprint density at radius 3 is 2.91 bits per heavy atom. The molecule has 0 spiro atoms. The Morgan fingerprint density at radius 1 is 1.35 bits per heavy atom. The predicted octanol–water partition coefficient (Wildman–Crippen LogP) is 3.25. The van der Waals surface area contributed by atoms with E-state index in [2.05, 4.69) is 33.9 Å². The number of nitrogens with one attached hydrogen (secondary N) is 1. The molecule has 2 rings (SSSR count). The summed E-state index contributed by atoms with van der Waals surface area (Å²) in [6.07, 6.45) is 3.37. The van der Waals surface area contributed by atoms with Gasteiger partial charge in [-0.25, -0.2) is 0 Å². The predicted molar refractivity (Wildman–Crippen MR) is 101 cm³/mol. The number of benzene rings is 1. The van der Waals surface area contributed by atoms with Crippen LogP contribution in [0.2, 0.25) is 0 Å². The van der Waals surface area contributed by atoms with Gasteiger partial charge in [-0.1, -0.05) is 25.1 Å². The highest BCUT2D eigenvalue weighted by molar-refractivity contribution is 8.00. The van der Waals surface area contributed by atoms with Crippen LogP contribution in [0.15, 0.2) is 35.3 Å². The SMILES string of the molecule is CCC1CN(C(=NC)NCCCCOc2ccccc2)CCS1. The molecule has 1 N–H and O–H groups in total. The van der Waals surface area contributed by atoms with Crippen LogP contribution in [0, 0.1) is 0 Å². The highest BCUT2D eigenvalue weighted by Crippen LogP contribution is 2.20. The molecule has 1 fully saturated rings. The van der Waals surface area contributed by atoms with E-state index in [0.717, 1.165) is 56.0 Å². The number of hydrogen-bond acceptors (Lipinski definition) is 3. The van der Waals surface area contributed by atoms with Gasteiger partial charge in [0.25, 0.3) is 0 Å². The number of thioether (sulfide) groups is 1. The summed E-state index contributed by atoms with van der Waals surface area (Å²) in [4.78, 5) is 6.83. The Hall–Kier alpha value is -1.36. The quantitative estimate of drug-likeness (QED) is 0.471. The van der Waals surface area contributed by atoms with E-state index in [1.807, 2.05) is 37.4 Å². The van der Waals surface area contributed by atoms with Crippen LogP contribution >= 0.6 is 11.8 Å². The fraction of sp³-hybridized carbons (Fsp3) is 0.611. The summed E-state index contributed by atoms with van der Waals surface area (Å²) in [5.74, 6) is 3.20. The second-order valence-electron chi connectivity index (χ2n) is 5.69. The monoisotopic (exact) mass is 335 g/mol. The van der Waals surface area contributed by atoms with E-state index in [1.165, 1.54) is 12.2 Å². The molecule has 1 aliphatic heterocycles. The Balaban J connectivity index is 1.60. The van der Waals surface area contributed by atoms with Crippen molar-refractivity contribution in [2.75, 3.05) is 39.0 Å². The van der Waals surface area contributed by atoms with Gasteiger partial charge in [-0.15, -0.1) is 0 Å². The number of hydrogen-bond donors (Lipinski definition) is 1. The summed E-state index contributed by atoms with van der Waals surface area (Å²) in [6, 6.07) is 10.0. The van der Waals surface area contributed by atoms with Crippen LogP contribution in [0.25, 0.3) is 0 Å². The van der Waals surface area contributed by atoms with Gasteiger partial charge < -0.3 is 15.0 Å². The third-order valence-electron chi connectivity index (χ3n) is 3.97. The molecular weight excluding hydrogens is 306 g/mol. The lowest BCUT2D eigenvalue weighted by Gasteiger charge is -2.34. The standard InChI is InChI=1S/C18H29N3OS/c1-3-17-15-21(12-14-23-17)18(19-2)20-11-7-8-13-22-16-9-5-4-6-10-16/h4-6,9-10,17H,3,7-8,11-15H2,1-2H3,(H,19,20). The van der Waals surface area contributed by atoms with Gasteiger partial charge in [0, 0.05) is 37.7 Å². The lowest BCUT2D eigenvalue weighted by atomic mass is 10.3. The Labute approximate surface area is 144 Å². The third kappa shape index (κ3) is 6.34. The molecule has 1 aliphatic rings. The van der Waals surface area contributed by atoms with Crippen LogP contribution in [0.3, 0.4) is 0 Å². The first kappa shape index (κ1) is 18.0. The molecule has 0 aliphatic carbocycles. The molecule has 5 heteroatoms. The molecule has 4 nitrogen and oxygen atoms in total. The topological polar surface area (TPSA) is 36.9 Å². The first-order chi connectivity index (χ1) is 11.3. The van der Waals surface area contributed by atoms with Crippen LogP contribution in [0.1, 0.15) is 26.2 Å². The summed E-state index contributed by atoms with van der Waals surface area (Å²) in [7, 11) is 1.88. The van der Waals surface area contributed by atoms with Crippen molar-refractivity contribution in [1.82, 2.24) is 10.2 Å². The number of guanidine groups is 1. The lowest BCUT2D eigenvalue weighted by Crippen LogP contribution is -2.48. The maximum atomic E-state index is 5.71. The summed E-state index contributed by atoms with van der Waals surface area (Å²) in [5.41, 5.74) is 0. The Bertz CT molecular complexity index is 467. The van der Waals surface area contributed by atoms with Gasteiger partial charge in [0.15, 0.2) is 5.96 Å². The zero-order valence-corrected chi connectivity index (χ0v) is 15.1. The van der Waals surface area contributed by atoms with E-state index in [9.17, 15) is 0 Å². The van der Waals surface area contributed by atoms with Gasteiger partial charge in [0.2, 0.25) is 0 Å². The molecule has 1 heterocycles. The Morgan fingerprint density at radius 2 is 2.17 bits per heavy atom. The molecule has 0 saturated carbocycles. The minimum atomic E-state index is 0.738. The molecule has 1 aromatic rings. The van der Waals surface area contributed by atoms with Crippen molar-refractivity contribution in [3.63, 3.8) is 0 Å². The summed E-state index contributed by atoms with van der Waals surface area (Å²) in [6.45, 7) is 6.19. The summed E-state index contributed by atoms with van der Waals surface area (Å²) < 4.78 is 5.71. The van der Waals surface area contributed by atoms with E-state index in [0.29, 0.717) is 0 Å². The van der Waals surface area contributed by atoms with Crippen LogP contribution in [0.4, 0.5) is 0 Å². The molecule has 0 amide bonds. The van der Waals surface area contributed by atoms with Crippen LogP contribution in [-0.2, 0) is 0 Å². The maximum Gasteiger partial charge on any atom is 0.193 e. The average molecular weight is 336 g/mol. The highest BCUT2D eigenvalue weighted by atomic mass is 32.2. The third-order valence-corrected chi connectivity index (χ3v) is 5.34. The van der Waals surface area contributed by atoms with Crippen LogP contribution < -0.4 is 10.1 Å². The van der Waals surface area contributed by atoms with Crippen molar-refractivity contribution in [3.05, 3.63) is 30.3 Å². The number of aliphatic imine (C=N–C) groups is 1. The van der Waals surface area contributed by atoms with E-state index in [1.54, 1.807) is 0 Å². The van der Waals surface area contributed by atoms with E-state index in [-0.39, 0.29) is 0 Å². The van der Waals surface area contributed by atoms with E-state index >= 15 is 0 Å².